The number of benzene rings is 2. The van der Waals surface area contributed by atoms with Crippen LogP contribution in [0, 0.1) is 25.2 Å². The van der Waals surface area contributed by atoms with Crippen molar-refractivity contribution in [2.45, 2.75) is 13.8 Å². The normalized spacial score (nSPS) is 10.9. The third kappa shape index (κ3) is 1.26. The number of para-hydroxylation sites is 1. The molecule has 0 fully saturated rings. The average molecular weight is 221 g/mol. The van der Waals surface area contributed by atoms with Crippen molar-refractivity contribution >= 4 is 21.9 Å². The number of hydrogen-bond acceptors (Lipinski definition) is 2. The van der Waals surface area contributed by atoms with Gasteiger partial charge in [-0.1, -0.05) is 18.2 Å². The van der Waals surface area contributed by atoms with Gasteiger partial charge in [-0.05, 0) is 37.1 Å². The van der Waals surface area contributed by atoms with E-state index >= 15 is 0 Å². The summed E-state index contributed by atoms with van der Waals surface area (Å²) in [4.78, 5) is 0. The van der Waals surface area contributed by atoms with Gasteiger partial charge in [0.2, 0.25) is 0 Å². The molecule has 3 aromatic rings. The molecule has 1 heterocycles. The van der Waals surface area contributed by atoms with Gasteiger partial charge in [0.1, 0.15) is 11.2 Å². The number of nitrogens with zero attached hydrogens (tertiary/aromatic N) is 1. The van der Waals surface area contributed by atoms with Gasteiger partial charge in [-0.15, -0.1) is 0 Å². The molecule has 3 rings (SSSR count). The van der Waals surface area contributed by atoms with E-state index in [1.165, 1.54) is 0 Å². The van der Waals surface area contributed by atoms with Crippen LogP contribution in [-0.4, -0.2) is 0 Å². The van der Waals surface area contributed by atoms with Gasteiger partial charge >= 0.3 is 0 Å². The van der Waals surface area contributed by atoms with Crippen molar-refractivity contribution in [2.75, 3.05) is 0 Å². The molecule has 0 N–H and O–H groups in total. The molecular formula is C15H11NO. The Morgan fingerprint density at radius 3 is 2.71 bits per heavy atom. The molecular weight excluding hydrogens is 210 g/mol. The Labute approximate surface area is 99.1 Å². The number of aryl methyl sites for hydroxylation is 2. The molecule has 0 saturated carbocycles. The van der Waals surface area contributed by atoms with E-state index in [-0.39, 0.29) is 0 Å². The van der Waals surface area contributed by atoms with Crippen molar-refractivity contribution in [1.29, 1.82) is 5.26 Å². The van der Waals surface area contributed by atoms with Crippen LogP contribution in [-0.2, 0) is 0 Å². The Kier molecular flexibility index (Phi) is 1.96. The zero-order valence-electron chi connectivity index (χ0n) is 9.74. The van der Waals surface area contributed by atoms with E-state index in [1.54, 1.807) is 0 Å². The summed E-state index contributed by atoms with van der Waals surface area (Å²) >= 11 is 0. The highest BCUT2D eigenvalue weighted by Gasteiger charge is 2.14. The molecule has 0 saturated heterocycles. The Morgan fingerprint density at radius 2 is 1.94 bits per heavy atom. The Balaban J connectivity index is 2.66. The van der Waals surface area contributed by atoms with Crippen molar-refractivity contribution in [2.24, 2.45) is 0 Å². The molecule has 1 aromatic heterocycles. The molecule has 0 spiro atoms. The lowest BCUT2D eigenvalue weighted by molar-refractivity contribution is 0.665. The van der Waals surface area contributed by atoms with Crippen molar-refractivity contribution in [3.8, 4) is 6.07 Å². The Hall–Kier alpha value is -2.27. The third-order valence-electron chi connectivity index (χ3n) is 3.28. The van der Waals surface area contributed by atoms with E-state index in [1.807, 2.05) is 44.2 Å². The molecule has 17 heavy (non-hydrogen) atoms. The van der Waals surface area contributed by atoms with E-state index in [4.69, 9.17) is 4.42 Å². The van der Waals surface area contributed by atoms with E-state index in [0.717, 1.165) is 33.1 Å². The lowest BCUT2D eigenvalue weighted by atomic mass is 10.0. The summed E-state index contributed by atoms with van der Waals surface area (Å²) in [6, 6.07) is 12.0. The molecule has 82 valence electrons. The molecule has 0 amide bonds. The van der Waals surface area contributed by atoms with Gasteiger partial charge in [0.05, 0.1) is 11.6 Å². The van der Waals surface area contributed by atoms with E-state index in [2.05, 4.69) is 6.07 Å². The first-order chi connectivity index (χ1) is 8.22. The first-order valence-electron chi connectivity index (χ1n) is 5.54. The number of rotatable bonds is 0. The van der Waals surface area contributed by atoms with Crippen LogP contribution in [0.4, 0.5) is 0 Å². The monoisotopic (exact) mass is 221 g/mol. The van der Waals surface area contributed by atoms with Gasteiger partial charge in [-0.2, -0.15) is 5.26 Å². The maximum absolute atomic E-state index is 9.24. The average Bonchev–Trinajstić information content (AvgIpc) is 2.73. The summed E-state index contributed by atoms with van der Waals surface area (Å²) in [6.45, 7) is 4.03. The predicted molar refractivity (Wildman–Crippen MR) is 67.9 cm³/mol. The fourth-order valence-electron chi connectivity index (χ4n) is 2.24. The molecule has 2 nitrogen and oxygen atoms in total. The van der Waals surface area contributed by atoms with Crippen LogP contribution in [0.15, 0.2) is 34.7 Å². The minimum absolute atomic E-state index is 0.688. The number of hydrogen-bond donors (Lipinski definition) is 0. The van der Waals surface area contributed by atoms with E-state index in [9.17, 15) is 5.26 Å². The summed E-state index contributed by atoms with van der Waals surface area (Å²) in [5, 5.41) is 11.2. The largest absolute Gasteiger partial charge is 0.456 e. The molecule has 2 aromatic carbocycles. The zero-order valence-corrected chi connectivity index (χ0v) is 9.74. The molecule has 0 atom stereocenters. The number of furan rings is 1. The van der Waals surface area contributed by atoms with E-state index in [0.29, 0.717) is 5.56 Å². The van der Waals surface area contributed by atoms with Crippen LogP contribution in [0.1, 0.15) is 16.7 Å². The van der Waals surface area contributed by atoms with Crippen LogP contribution in [0.3, 0.4) is 0 Å². The molecule has 0 aliphatic rings. The van der Waals surface area contributed by atoms with Crippen molar-refractivity contribution in [3.63, 3.8) is 0 Å². The second-order valence-electron chi connectivity index (χ2n) is 4.28. The highest BCUT2D eigenvalue weighted by atomic mass is 16.3. The Bertz CT molecular complexity index is 775. The van der Waals surface area contributed by atoms with Gasteiger partial charge in [0.15, 0.2) is 0 Å². The van der Waals surface area contributed by atoms with Crippen LogP contribution in [0.2, 0.25) is 0 Å². The summed E-state index contributed by atoms with van der Waals surface area (Å²) in [7, 11) is 0. The fourth-order valence-corrected chi connectivity index (χ4v) is 2.24. The summed E-state index contributed by atoms with van der Waals surface area (Å²) in [6.07, 6.45) is 0. The molecule has 0 unspecified atom stereocenters. The maximum Gasteiger partial charge on any atom is 0.139 e. The Morgan fingerprint density at radius 1 is 1.18 bits per heavy atom. The highest BCUT2D eigenvalue weighted by molar-refractivity contribution is 6.09. The lowest BCUT2D eigenvalue weighted by Gasteiger charge is -2.01. The van der Waals surface area contributed by atoms with Gasteiger partial charge in [-0.25, -0.2) is 0 Å². The number of fused-ring (bicyclic) bond motifs is 3. The molecule has 0 aliphatic carbocycles. The minimum atomic E-state index is 0.688. The zero-order chi connectivity index (χ0) is 12.0. The second kappa shape index (κ2) is 3.36. The van der Waals surface area contributed by atoms with Crippen molar-refractivity contribution < 1.29 is 4.42 Å². The third-order valence-corrected chi connectivity index (χ3v) is 3.28. The first-order valence-corrected chi connectivity index (χ1v) is 5.54. The molecule has 0 aliphatic heterocycles. The van der Waals surface area contributed by atoms with Crippen LogP contribution in [0.25, 0.3) is 21.9 Å². The smallest absolute Gasteiger partial charge is 0.139 e. The van der Waals surface area contributed by atoms with Gasteiger partial charge in [0.25, 0.3) is 0 Å². The number of nitriles is 1. The topological polar surface area (TPSA) is 36.9 Å². The second-order valence-corrected chi connectivity index (χ2v) is 4.28. The lowest BCUT2D eigenvalue weighted by Crippen LogP contribution is -1.85. The fraction of sp³-hybridized carbons (Fsp3) is 0.133. The van der Waals surface area contributed by atoms with Crippen molar-refractivity contribution in [1.82, 2.24) is 0 Å². The summed E-state index contributed by atoms with van der Waals surface area (Å²) < 4.78 is 5.86. The van der Waals surface area contributed by atoms with Gasteiger partial charge in [-0.3, -0.25) is 0 Å². The SMILES string of the molecule is Cc1cc(C#N)c2c(oc3ccccc32)c1C. The minimum Gasteiger partial charge on any atom is -0.456 e. The predicted octanol–water partition coefficient (Wildman–Crippen LogP) is 4.07. The van der Waals surface area contributed by atoms with Crippen molar-refractivity contribution in [3.05, 3.63) is 47.0 Å². The quantitative estimate of drug-likeness (QED) is 0.573. The van der Waals surface area contributed by atoms with Crippen LogP contribution < -0.4 is 0 Å². The van der Waals surface area contributed by atoms with Crippen LogP contribution >= 0.6 is 0 Å². The van der Waals surface area contributed by atoms with E-state index < -0.39 is 0 Å². The highest BCUT2D eigenvalue weighted by Crippen LogP contribution is 2.34. The summed E-state index contributed by atoms with van der Waals surface area (Å²) in [5.74, 6) is 0. The van der Waals surface area contributed by atoms with Gasteiger partial charge < -0.3 is 4.42 Å². The molecule has 2 heteroatoms. The standard InChI is InChI=1S/C15H11NO/c1-9-7-11(8-16)14-12-5-3-4-6-13(12)17-15(14)10(9)2/h3-7H,1-2H3. The maximum atomic E-state index is 9.24. The van der Waals surface area contributed by atoms with Crippen LogP contribution in [0.5, 0.6) is 0 Å². The first kappa shape index (κ1) is 9.92. The van der Waals surface area contributed by atoms with Gasteiger partial charge in [0, 0.05) is 10.8 Å². The molecule has 0 radical (unpaired) electrons. The molecule has 0 bridgehead atoms. The summed E-state index contributed by atoms with van der Waals surface area (Å²) in [5.41, 5.74) is 4.56.